The second kappa shape index (κ2) is 20.1. The zero-order valence-electron chi connectivity index (χ0n) is 38.0. The Morgan fingerprint density at radius 3 is 1.21 bits per heavy atom. The van der Waals surface area contributed by atoms with Crippen LogP contribution in [0.4, 0.5) is 8.78 Å². The van der Waals surface area contributed by atoms with E-state index in [4.69, 9.17) is 5.11 Å². The number of para-hydroxylation sites is 6. The van der Waals surface area contributed by atoms with Crippen molar-refractivity contribution in [1.82, 2.24) is 28.2 Å². The zero-order valence-corrected chi connectivity index (χ0v) is 40.4. The van der Waals surface area contributed by atoms with Gasteiger partial charge in [0.1, 0.15) is 5.69 Å². The van der Waals surface area contributed by atoms with Crippen LogP contribution < -0.4 is 5.69 Å². The molecule has 8 aromatic carbocycles. The number of benzene rings is 8. The van der Waals surface area contributed by atoms with Crippen LogP contribution in [0.2, 0.25) is 0 Å². The first-order chi connectivity index (χ1) is 34.8. The van der Waals surface area contributed by atoms with Gasteiger partial charge in [-0.05, 0) is 96.7 Å². The first-order valence-electron chi connectivity index (χ1n) is 22.7. The molecule has 351 valence electrons. The van der Waals surface area contributed by atoms with E-state index in [1.807, 2.05) is 57.7 Å². The van der Waals surface area contributed by atoms with E-state index in [2.05, 4.69) is 146 Å². The molecule has 0 spiro atoms. The van der Waals surface area contributed by atoms with Crippen LogP contribution in [-0.4, -0.2) is 39.3 Å². The maximum atomic E-state index is 14.6. The molecule has 0 unspecified atom stereocenters. The third-order valence-electron chi connectivity index (χ3n) is 12.3. The van der Waals surface area contributed by atoms with Gasteiger partial charge in [0.25, 0.3) is 0 Å². The van der Waals surface area contributed by atoms with E-state index in [1.54, 1.807) is 36.5 Å². The maximum Gasteiger partial charge on any atom is 0.354 e. The molecular formula is C60H39F2IrN6O3-. The largest absolute Gasteiger partial charge is 0.477 e. The van der Waals surface area contributed by atoms with Gasteiger partial charge in [-0.2, -0.15) is 0 Å². The number of nitrogens with zero attached hydrogens (tertiary/aromatic N) is 6. The van der Waals surface area contributed by atoms with Crippen molar-refractivity contribution in [2.75, 3.05) is 0 Å². The second-order valence-electron chi connectivity index (χ2n) is 16.5. The number of carbonyl (C=O) groups is 1. The molecule has 72 heavy (non-hydrogen) atoms. The minimum Gasteiger partial charge on any atom is -0.477 e. The van der Waals surface area contributed by atoms with Crippen LogP contribution in [0.5, 0.6) is 0 Å². The van der Waals surface area contributed by atoms with Crippen LogP contribution in [0.25, 0.3) is 88.7 Å². The molecule has 1 N–H and O–H groups in total. The molecule has 0 bridgehead atoms. The van der Waals surface area contributed by atoms with Crippen molar-refractivity contribution < 1.29 is 38.8 Å². The number of halogens is 2. The number of aromatic carboxylic acids is 1. The fourth-order valence-corrected chi connectivity index (χ4v) is 9.23. The normalized spacial score (nSPS) is 11.0. The summed E-state index contributed by atoms with van der Waals surface area (Å²) in [7, 11) is 0. The van der Waals surface area contributed by atoms with E-state index in [0.29, 0.717) is 5.69 Å². The molecule has 0 saturated heterocycles. The van der Waals surface area contributed by atoms with E-state index in [-0.39, 0.29) is 37.1 Å². The smallest absolute Gasteiger partial charge is 0.354 e. The number of hydrogen-bond donors (Lipinski definition) is 1. The second-order valence-corrected chi connectivity index (χ2v) is 16.5. The van der Waals surface area contributed by atoms with E-state index < -0.39 is 17.6 Å². The Morgan fingerprint density at radius 1 is 0.444 bits per heavy atom. The van der Waals surface area contributed by atoms with Crippen molar-refractivity contribution in [1.29, 1.82) is 0 Å². The fraction of sp³-hybridized carbons (Fsp3) is 0. The van der Waals surface area contributed by atoms with Gasteiger partial charge in [0.2, 0.25) is 0 Å². The average molecular weight is 1120 g/mol. The summed E-state index contributed by atoms with van der Waals surface area (Å²) < 4.78 is 34.0. The van der Waals surface area contributed by atoms with Crippen LogP contribution in [0.15, 0.2) is 236 Å². The first-order valence-corrected chi connectivity index (χ1v) is 22.7. The third kappa shape index (κ3) is 8.66. The summed E-state index contributed by atoms with van der Waals surface area (Å²) in [5.41, 5.74) is 10.5. The molecule has 9 nitrogen and oxygen atoms in total. The number of pyridine rings is 2. The Bertz CT molecular complexity index is 3860. The summed E-state index contributed by atoms with van der Waals surface area (Å²) in [5.74, 6) is -2.28. The molecule has 0 fully saturated rings. The van der Waals surface area contributed by atoms with Crippen molar-refractivity contribution >= 4 is 60.6 Å². The van der Waals surface area contributed by atoms with Crippen LogP contribution in [0, 0.1) is 17.7 Å². The van der Waals surface area contributed by atoms with Gasteiger partial charge in [-0.1, -0.05) is 127 Å². The number of imidazole rings is 1. The minimum absolute atomic E-state index is 0. The summed E-state index contributed by atoms with van der Waals surface area (Å²) in [6, 6.07) is 72.8. The van der Waals surface area contributed by atoms with Crippen LogP contribution >= 0.6 is 0 Å². The number of fused-ring (bicyclic) bond motifs is 7. The van der Waals surface area contributed by atoms with Gasteiger partial charge in [-0.15, -0.1) is 12.1 Å². The molecule has 13 rings (SSSR count). The summed E-state index contributed by atoms with van der Waals surface area (Å²) in [4.78, 5) is 32.3. The van der Waals surface area contributed by atoms with Crippen LogP contribution in [0.3, 0.4) is 0 Å². The number of carboxylic acids is 1. The number of rotatable bonds is 6. The minimum atomic E-state index is -0.990. The predicted octanol–water partition coefficient (Wildman–Crippen LogP) is 13.6. The molecule has 0 aliphatic rings. The Hall–Kier alpha value is -9.09. The Kier molecular flexibility index (Phi) is 13.0. The molecule has 5 heterocycles. The summed E-state index contributed by atoms with van der Waals surface area (Å²) in [5, 5.41) is 13.1. The molecule has 0 aliphatic carbocycles. The van der Waals surface area contributed by atoms with Crippen LogP contribution in [0.1, 0.15) is 10.5 Å². The van der Waals surface area contributed by atoms with Crippen molar-refractivity contribution in [2.45, 2.75) is 0 Å². The maximum absolute atomic E-state index is 14.6. The van der Waals surface area contributed by atoms with Gasteiger partial charge in [0, 0.05) is 77.1 Å². The Morgan fingerprint density at radius 2 is 0.833 bits per heavy atom. The monoisotopic (exact) mass is 1120 g/mol. The standard InChI is InChI=1S/C43H28N4O.C11H6F2N.C6H5NO2.Ir/c48-43-46(31-15-11-13-29(27-31)44-37-21-5-1-17-33(37)34-18-2-6-22-38(34)44)41-25-9-10-26-42(41)47(43)32-16-12-14-30(28-32)45-39-23-7-3-19-35(39)36-20-4-8-24-40(36)45;12-8-4-5-9(10(13)7-8)11-3-1-2-6-14-11;8-6(9)5-3-1-2-4-7-5;/h1-28H;1-4,6-7H;1-4H,(H,8,9);/q;-1;;. The molecule has 12 heteroatoms. The molecule has 5 aromatic heterocycles. The topological polar surface area (TPSA) is 99.9 Å². The molecule has 0 aliphatic heterocycles. The molecule has 0 amide bonds. The predicted molar refractivity (Wildman–Crippen MR) is 277 cm³/mol. The average Bonchev–Trinajstić information content (AvgIpc) is 4.04. The Balaban J connectivity index is 0.000000204. The van der Waals surface area contributed by atoms with Gasteiger partial charge < -0.3 is 19.2 Å². The van der Waals surface area contributed by atoms with E-state index >= 15 is 0 Å². The number of aromatic nitrogens is 6. The van der Waals surface area contributed by atoms with Gasteiger partial charge in [0.15, 0.2) is 0 Å². The SMILES string of the molecule is Fc1c[c-]c(-c2ccccn2)c(F)c1.O=C(O)c1ccccn1.O=c1n(-c2cccc(-n3c4ccccc4c4ccccc43)c2)c2ccccc2n1-c1cccc(-n2c3ccccc3c3ccccc32)c1.[Ir]. The van der Waals surface area contributed by atoms with E-state index in [9.17, 15) is 18.4 Å². The molecule has 13 aromatic rings. The molecule has 1 radical (unpaired) electrons. The van der Waals surface area contributed by atoms with Crippen LogP contribution in [-0.2, 0) is 20.1 Å². The fourth-order valence-electron chi connectivity index (χ4n) is 9.23. The van der Waals surface area contributed by atoms with Gasteiger partial charge >= 0.3 is 11.7 Å². The molecular weight excluding hydrogens is 1080 g/mol. The molecule has 0 saturated carbocycles. The van der Waals surface area contributed by atoms with Crippen molar-refractivity contribution in [3.63, 3.8) is 0 Å². The van der Waals surface area contributed by atoms with Crippen molar-refractivity contribution in [3.8, 4) is 34.0 Å². The molecule has 0 atom stereocenters. The Labute approximate surface area is 424 Å². The number of carboxylic acid groups (broad SMARTS) is 1. The third-order valence-corrected chi connectivity index (χ3v) is 12.3. The number of hydrogen-bond acceptors (Lipinski definition) is 4. The van der Waals surface area contributed by atoms with Crippen molar-refractivity contribution in [3.05, 3.63) is 265 Å². The van der Waals surface area contributed by atoms with E-state index in [0.717, 1.165) is 68.0 Å². The first kappa shape index (κ1) is 46.6. The summed E-state index contributed by atoms with van der Waals surface area (Å²) in [6.07, 6.45) is 3.00. The van der Waals surface area contributed by atoms with Crippen molar-refractivity contribution in [2.24, 2.45) is 0 Å². The zero-order chi connectivity index (χ0) is 48.4. The quantitative estimate of drug-likeness (QED) is 0.167. The van der Waals surface area contributed by atoms with Gasteiger partial charge in [-0.25, -0.2) is 14.6 Å². The van der Waals surface area contributed by atoms with E-state index in [1.165, 1.54) is 33.8 Å². The van der Waals surface area contributed by atoms with Gasteiger partial charge in [0.05, 0.1) is 44.5 Å². The summed E-state index contributed by atoms with van der Waals surface area (Å²) in [6.45, 7) is 0. The summed E-state index contributed by atoms with van der Waals surface area (Å²) >= 11 is 0. The van der Waals surface area contributed by atoms with Gasteiger partial charge in [-0.3, -0.25) is 17.9 Å².